The predicted molar refractivity (Wildman–Crippen MR) is 79.6 cm³/mol. The second-order valence-corrected chi connectivity index (χ2v) is 6.06. The maximum atomic E-state index is 12.5. The number of carbonyl (C=O) groups is 1. The highest BCUT2D eigenvalue weighted by atomic mass is 79.9. The molecule has 1 aliphatic heterocycles. The molecule has 1 N–H and O–H groups in total. The molecular formula is C15H16BrNO3. The molecule has 0 spiro atoms. The van der Waals surface area contributed by atoms with Gasteiger partial charge in [-0.05, 0) is 37.0 Å². The number of hydrogen-bond donors (Lipinski definition) is 1. The van der Waals surface area contributed by atoms with Gasteiger partial charge in [-0.25, -0.2) is 0 Å². The van der Waals surface area contributed by atoms with E-state index in [0.717, 1.165) is 29.2 Å². The fraction of sp³-hybridized carbons (Fsp3) is 0.400. The highest BCUT2D eigenvalue weighted by molar-refractivity contribution is 9.10. The Morgan fingerprint density at radius 1 is 1.50 bits per heavy atom. The number of halogens is 1. The van der Waals surface area contributed by atoms with Crippen LogP contribution in [0.2, 0.25) is 0 Å². The zero-order valence-electron chi connectivity index (χ0n) is 11.0. The number of aliphatic hydroxyl groups excluding tert-OH is 1. The first-order chi connectivity index (χ1) is 9.69. The van der Waals surface area contributed by atoms with E-state index in [4.69, 9.17) is 4.42 Å². The molecular weight excluding hydrogens is 322 g/mol. The summed E-state index contributed by atoms with van der Waals surface area (Å²) in [6.07, 6.45) is 1.91. The molecule has 106 valence electrons. The van der Waals surface area contributed by atoms with Crippen LogP contribution in [0.1, 0.15) is 23.4 Å². The molecule has 0 radical (unpaired) electrons. The maximum absolute atomic E-state index is 12.5. The van der Waals surface area contributed by atoms with E-state index in [0.29, 0.717) is 17.9 Å². The van der Waals surface area contributed by atoms with Gasteiger partial charge < -0.3 is 14.4 Å². The van der Waals surface area contributed by atoms with Crippen molar-refractivity contribution in [2.75, 3.05) is 19.7 Å². The lowest BCUT2D eigenvalue weighted by molar-refractivity contribution is 0.0592. The van der Waals surface area contributed by atoms with Gasteiger partial charge in [0.2, 0.25) is 0 Å². The molecule has 20 heavy (non-hydrogen) atoms. The van der Waals surface area contributed by atoms with E-state index in [-0.39, 0.29) is 18.4 Å². The summed E-state index contributed by atoms with van der Waals surface area (Å²) >= 11 is 3.46. The second-order valence-electron chi connectivity index (χ2n) is 5.20. The van der Waals surface area contributed by atoms with Crippen LogP contribution in [-0.4, -0.2) is 35.6 Å². The van der Waals surface area contributed by atoms with E-state index >= 15 is 0 Å². The van der Waals surface area contributed by atoms with Crippen molar-refractivity contribution in [2.45, 2.75) is 12.8 Å². The first-order valence-electron chi connectivity index (χ1n) is 6.77. The number of aliphatic hydroxyl groups is 1. The first-order valence-corrected chi connectivity index (χ1v) is 7.56. The quantitative estimate of drug-likeness (QED) is 0.916. The molecule has 2 aromatic rings. The lowest BCUT2D eigenvalue weighted by Crippen LogP contribution is -2.40. The predicted octanol–water partition coefficient (Wildman–Crippen LogP) is 3.04. The summed E-state index contributed by atoms with van der Waals surface area (Å²) in [5.74, 6) is 0.459. The molecule has 1 aliphatic rings. The third-order valence-electron chi connectivity index (χ3n) is 3.78. The largest absolute Gasteiger partial charge is 0.451 e. The number of likely N-dealkylation sites (tertiary alicyclic amines) is 1. The molecule has 0 saturated carbocycles. The van der Waals surface area contributed by atoms with Gasteiger partial charge >= 0.3 is 0 Å². The van der Waals surface area contributed by atoms with Crippen molar-refractivity contribution in [3.8, 4) is 0 Å². The number of hydrogen-bond acceptors (Lipinski definition) is 3. The molecule has 1 aromatic carbocycles. The van der Waals surface area contributed by atoms with E-state index in [9.17, 15) is 9.90 Å². The number of benzene rings is 1. The van der Waals surface area contributed by atoms with Crippen LogP contribution in [0, 0.1) is 5.92 Å². The minimum Gasteiger partial charge on any atom is -0.451 e. The zero-order chi connectivity index (χ0) is 14.1. The van der Waals surface area contributed by atoms with Gasteiger partial charge in [0.25, 0.3) is 5.91 Å². The van der Waals surface area contributed by atoms with Crippen LogP contribution in [0.4, 0.5) is 0 Å². The van der Waals surface area contributed by atoms with Crippen molar-refractivity contribution < 1.29 is 14.3 Å². The summed E-state index contributed by atoms with van der Waals surface area (Å²) in [4.78, 5) is 14.3. The van der Waals surface area contributed by atoms with Gasteiger partial charge in [-0.2, -0.15) is 0 Å². The second kappa shape index (κ2) is 5.58. The Bertz CT molecular complexity index is 637. The Balaban J connectivity index is 1.86. The lowest BCUT2D eigenvalue weighted by atomic mass is 9.99. The smallest absolute Gasteiger partial charge is 0.289 e. The van der Waals surface area contributed by atoms with Crippen LogP contribution in [0.15, 0.2) is 33.2 Å². The molecule has 1 aromatic heterocycles. The van der Waals surface area contributed by atoms with E-state index < -0.39 is 0 Å². The number of nitrogens with zero attached hydrogens (tertiary/aromatic N) is 1. The number of rotatable bonds is 2. The lowest BCUT2D eigenvalue weighted by Gasteiger charge is -2.31. The average molecular weight is 338 g/mol. The number of carbonyl (C=O) groups excluding carboxylic acids is 1. The summed E-state index contributed by atoms with van der Waals surface area (Å²) in [7, 11) is 0. The Kier molecular flexibility index (Phi) is 3.81. The van der Waals surface area contributed by atoms with Gasteiger partial charge in [0.05, 0.1) is 0 Å². The van der Waals surface area contributed by atoms with E-state index in [2.05, 4.69) is 15.9 Å². The van der Waals surface area contributed by atoms with Gasteiger partial charge in [0.15, 0.2) is 5.76 Å². The van der Waals surface area contributed by atoms with Crippen molar-refractivity contribution in [3.05, 3.63) is 34.5 Å². The zero-order valence-corrected chi connectivity index (χ0v) is 12.6. The van der Waals surface area contributed by atoms with Crippen LogP contribution in [0.3, 0.4) is 0 Å². The summed E-state index contributed by atoms with van der Waals surface area (Å²) in [5, 5.41) is 10.2. The van der Waals surface area contributed by atoms with Crippen molar-refractivity contribution in [1.82, 2.24) is 4.90 Å². The van der Waals surface area contributed by atoms with Crippen molar-refractivity contribution in [1.29, 1.82) is 0 Å². The van der Waals surface area contributed by atoms with E-state index in [1.807, 2.05) is 18.2 Å². The molecule has 3 rings (SSSR count). The molecule has 1 amide bonds. The van der Waals surface area contributed by atoms with Crippen molar-refractivity contribution in [2.24, 2.45) is 5.92 Å². The molecule has 5 heteroatoms. The highest BCUT2D eigenvalue weighted by Gasteiger charge is 2.26. The van der Waals surface area contributed by atoms with Crippen molar-refractivity contribution in [3.63, 3.8) is 0 Å². The van der Waals surface area contributed by atoms with Crippen LogP contribution >= 0.6 is 15.9 Å². The molecule has 1 atom stereocenters. The SMILES string of the molecule is O=C(c1cc2c(Br)cccc2o1)N1CCCC(CO)C1. The van der Waals surface area contributed by atoms with Crippen LogP contribution in [0.25, 0.3) is 11.0 Å². The molecule has 1 unspecified atom stereocenters. The number of furan rings is 1. The Hall–Kier alpha value is -1.33. The van der Waals surface area contributed by atoms with Gasteiger partial charge in [-0.15, -0.1) is 0 Å². The van der Waals surface area contributed by atoms with E-state index in [1.54, 1.807) is 11.0 Å². The van der Waals surface area contributed by atoms with Crippen LogP contribution in [-0.2, 0) is 0 Å². The Labute approximate surface area is 125 Å². The van der Waals surface area contributed by atoms with Gasteiger partial charge in [0, 0.05) is 29.6 Å². The fourth-order valence-corrected chi connectivity index (χ4v) is 3.15. The maximum Gasteiger partial charge on any atom is 0.289 e. The first kappa shape index (κ1) is 13.6. The molecule has 0 aliphatic carbocycles. The highest BCUT2D eigenvalue weighted by Crippen LogP contribution is 2.28. The van der Waals surface area contributed by atoms with Crippen LogP contribution in [0.5, 0.6) is 0 Å². The molecule has 1 fully saturated rings. The third kappa shape index (κ3) is 2.47. The molecule has 0 bridgehead atoms. The average Bonchev–Trinajstić information content (AvgIpc) is 2.92. The van der Waals surface area contributed by atoms with Gasteiger partial charge in [0.1, 0.15) is 5.58 Å². The minimum absolute atomic E-state index is 0.0914. The molecule has 2 heterocycles. The minimum atomic E-state index is -0.0914. The van der Waals surface area contributed by atoms with Crippen molar-refractivity contribution >= 4 is 32.8 Å². The summed E-state index contributed by atoms with van der Waals surface area (Å²) < 4.78 is 6.57. The summed E-state index contributed by atoms with van der Waals surface area (Å²) in [6, 6.07) is 7.44. The Morgan fingerprint density at radius 3 is 3.10 bits per heavy atom. The third-order valence-corrected chi connectivity index (χ3v) is 4.47. The van der Waals surface area contributed by atoms with Gasteiger partial charge in [-0.3, -0.25) is 4.79 Å². The standard InChI is InChI=1S/C15H16BrNO3/c16-12-4-1-5-13-11(12)7-14(20-13)15(19)17-6-2-3-10(8-17)9-18/h1,4-5,7,10,18H,2-3,6,8-9H2. The van der Waals surface area contributed by atoms with E-state index in [1.165, 1.54) is 0 Å². The number of fused-ring (bicyclic) bond motifs is 1. The summed E-state index contributed by atoms with van der Waals surface area (Å²) in [5.41, 5.74) is 0.707. The Morgan fingerprint density at radius 2 is 2.35 bits per heavy atom. The fourth-order valence-electron chi connectivity index (χ4n) is 2.69. The molecule has 4 nitrogen and oxygen atoms in total. The molecule has 1 saturated heterocycles. The monoisotopic (exact) mass is 337 g/mol. The van der Waals surface area contributed by atoms with Gasteiger partial charge in [-0.1, -0.05) is 22.0 Å². The van der Waals surface area contributed by atoms with Crippen LogP contribution < -0.4 is 0 Å². The normalized spacial score (nSPS) is 19.5. The topological polar surface area (TPSA) is 53.7 Å². The number of amides is 1. The summed E-state index contributed by atoms with van der Waals surface area (Å²) in [6.45, 7) is 1.47. The number of piperidine rings is 1.